The highest BCUT2D eigenvalue weighted by atomic mass is 19.1. The van der Waals surface area contributed by atoms with Gasteiger partial charge in [0.15, 0.2) is 0 Å². The van der Waals surface area contributed by atoms with E-state index in [2.05, 4.69) is 0 Å². The quantitative estimate of drug-likeness (QED) is 0.751. The van der Waals surface area contributed by atoms with Crippen LogP contribution < -0.4 is 0 Å². The molecule has 1 aliphatic heterocycles. The van der Waals surface area contributed by atoms with E-state index in [9.17, 15) is 9.18 Å². The van der Waals surface area contributed by atoms with Crippen LogP contribution in [0.15, 0.2) is 24.3 Å². The number of rotatable bonds is 1. The molecule has 0 aromatic heterocycles. The van der Waals surface area contributed by atoms with Gasteiger partial charge >= 0.3 is 6.03 Å². The van der Waals surface area contributed by atoms with Gasteiger partial charge < -0.3 is 9.80 Å². The number of hydrogen-bond acceptors (Lipinski definition) is 1. The topological polar surface area (TPSA) is 23.6 Å². The Kier molecular flexibility index (Phi) is 3.84. The number of halogens is 1. The first-order valence-electron chi connectivity index (χ1n) is 6.30. The van der Waals surface area contributed by atoms with Gasteiger partial charge in [0.05, 0.1) is 0 Å². The van der Waals surface area contributed by atoms with Crippen LogP contribution in [0.5, 0.6) is 0 Å². The minimum absolute atomic E-state index is 0.0435. The largest absolute Gasteiger partial charge is 0.331 e. The summed E-state index contributed by atoms with van der Waals surface area (Å²) in [5.41, 5.74) is 0.787. The molecule has 3 nitrogen and oxygen atoms in total. The summed E-state index contributed by atoms with van der Waals surface area (Å²) in [6, 6.07) is 6.98. The van der Waals surface area contributed by atoms with E-state index < -0.39 is 0 Å². The SMILES string of the molecule is CN(C)C(=O)N1CCC(c2ccccc2F)CC1. The summed E-state index contributed by atoms with van der Waals surface area (Å²) in [5.74, 6) is 0.104. The molecule has 1 aromatic carbocycles. The monoisotopic (exact) mass is 250 g/mol. The van der Waals surface area contributed by atoms with Crippen LogP contribution in [0.3, 0.4) is 0 Å². The zero-order valence-corrected chi connectivity index (χ0v) is 10.9. The van der Waals surface area contributed by atoms with E-state index in [4.69, 9.17) is 0 Å². The lowest BCUT2D eigenvalue weighted by atomic mass is 9.89. The lowest BCUT2D eigenvalue weighted by molar-refractivity contribution is 0.156. The third kappa shape index (κ3) is 2.63. The molecule has 0 aliphatic carbocycles. The summed E-state index contributed by atoms with van der Waals surface area (Å²) in [7, 11) is 3.51. The Labute approximate surface area is 107 Å². The molecule has 18 heavy (non-hydrogen) atoms. The summed E-state index contributed by atoms with van der Waals surface area (Å²) >= 11 is 0. The van der Waals surface area contributed by atoms with Gasteiger partial charge in [-0.25, -0.2) is 9.18 Å². The number of carbonyl (C=O) groups is 1. The molecule has 2 amide bonds. The first-order chi connectivity index (χ1) is 8.59. The molecule has 0 atom stereocenters. The molecule has 2 rings (SSSR count). The van der Waals surface area contributed by atoms with E-state index in [0.29, 0.717) is 13.1 Å². The fourth-order valence-corrected chi connectivity index (χ4v) is 2.47. The van der Waals surface area contributed by atoms with Crippen LogP contribution in [0.25, 0.3) is 0 Å². The molecule has 4 heteroatoms. The first-order valence-corrected chi connectivity index (χ1v) is 6.30. The predicted octanol–water partition coefficient (Wildman–Crippen LogP) is 2.69. The molecule has 1 aromatic rings. The molecule has 1 aliphatic rings. The van der Waals surface area contributed by atoms with Crippen LogP contribution in [-0.4, -0.2) is 43.0 Å². The van der Waals surface area contributed by atoms with Gasteiger partial charge in [0.2, 0.25) is 0 Å². The van der Waals surface area contributed by atoms with Crippen molar-refractivity contribution in [1.29, 1.82) is 0 Å². The standard InChI is InChI=1S/C14H19FN2O/c1-16(2)14(18)17-9-7-11(8-10-17)12-5-3-4-6-13(12)15/h3-6,11H,7-10H2,1-2H3. The van der Waals surface area contributed by atoms with E-state index in [1.54, 1.807) is 25.1 Å². The maximum atomic E-state index is 13.7. The minimum Gasteiger partial charge on any atom is -0.331 e. The molecule has 1 fully saturated rings. The van der Waals surface area contributed by atoms with Crippen molar-refractivity contribution in [3.05, 3.63) is 35.6 Å². The number of amides is 2. The van der Waals surface area contributed by atoms with Crippen LogP contribution in [0.4, 0.5) is 9.18 Å². The van der Waals surface area contributed by atoms with Crippen molar-refractivity contribution < 1.29 is 9.18 Å². The number of piperidine rings is 1. The molecule has 0 N–H and O–H groups in total. The molecule has 0 bridgehead atoms. The number of hydrogen-bond donors (Lipinski definition) is 0. The average Bonchev–Trinajstić information content (AvgIpc) is 2.38. The Hall–Kier alpha value is -1.58. The van der Waals surface area contributed by atoms with Crippen molar-refractivity contribution in [2.45, 2.75) is 18.8 Å². The molecule has 0 saturated carbocycles. The molecule has 0 radical (unpaired) electrons. The zero-order chi connectivity index (χ0) is 13.1. The van der Waals surface area contributed by atoms with Crippen LogP contribution in [-0.2, 0) is 0 Å². The number of benzene rings is 1. The Bertz CT molecular complexity index is 426. The summed E-state index contributed by atoms with van der Waals surface area (Å²) in [4.78, 5) is 15.2. The molecule has 98 valence electrons. The molecule has 1 heterocycles. The van der Waals surface area contributed by atoms with Crippen molar-refractivity contribution in [3.8, 4) is 0 Å². The second kappa shape index (κ2) is 5.38. The van der Waals surface area contributed by atoms with Gasteiger partial charge in [-0.1, -0.05) is 18.2 Å². The van der Waals surface area contributed by atoms with Crippen molar-refractivity contribution >= 4 is 6.03 Å². The number of likely N-dealkylation sites (tertiary alicyclic amines) is 1. The molecule has 0 spiro atoms. The minimum atomic E-state index is -0.130. The number of urea groups is 1. The van der Waals surface area contributed by atoms with Gasteiger partial charge in [-0.05, 0) is 30.4 Å². The second-order valence-electron chi connectivity index (χ2n) is 4.96. The zero-order valence-electron chi connectivity index (χ0n) is 10.9. The van der Waals surface area contributed by atoms with E-state index in [1.807, 2.05) is 17.0 Å². The van der Waals surface area contributed by atoms with Crippen LogP contribution in [0, 0.1) is 5.82 Å². The Morgan fingerprint density at radius 3 is 2.44 bits per heavy atom. The molecule has 0 unspecified atom stereocenters. The molecule has 1 saturated heterocycles. The highest BCUT2D eigenvalue weighted by Crippen LogP contribution is 2.29. The van der Waals surface area contributed by atoms with Gasteiger partial charge in [0, 0.05) is 27.2 Å². The lowest BCUT2D eigenvalue weighted by Crippen LogP contribution is -2.43. The Morgan fingerprint density at radius 1 is 1.28 bits per heavy atom. The van der Waals surface area contributed by atoms with Crippen LogP contribution in [0.1, 0.15) is 24.3 Å². The lowest BCUT2D eigenvalue weighted by Gasteiger charge is -2.33. The predicted molar refractivity (Wildman–Crippen MR) is 69.0 cm³/mol. The first kappa shape index (κ1) is 12.9. The summed E-state index contributed by atoms with van der Waals surface area (Å²) in [5, 5.41) is 0. The third-order valence-corrected chi connectivity index (χ3v) is 3.49. The van der Waals surface area contributed by atoms with Crippen LogP contribution >= 0.6 is 0 Å². The summed E-state index contributed by atoms with van der Waals surface area (Å²) < 4.78 is 13.7. The maximum Gasteiger partial charge on any atom is 0.319 e. The van der Waals surface area contributed by atoms with Crippen molar-refractivity contribution in [1.82, 2.24) is 9.80 Å². The average molecular weight is 250 g/mol. The smallest absolute Gasteiger partial charge is 0.319 e. The van der Waals surface area contributed by atoms with E-state index in [1.165, 1.54) is 6.07 Å². The van der Waals surface area contributed by atoms with Gasteiger partial charge in [-0.2, -0.15) is 0 Å². The fraction of sp³-hybridized carbons (Fsp3) is 0.500. The third-order valence-electron chi connectivity index (χ3n) is 3.49. The van der Waals surface area contributed by atoms with Crippen LogP contribution in [0.2, 0.25) is 0 Å². The van der Waals surface area contributed by atoms with E-state index in [0.717, 1.165) is 18.4 Å². The Morgan fingerprint density at radius 2 is 1.89 bits per heavy atom. The Balaban J connectivity index is 1.99. The number of carbonyl (C=O) groups excluding carboxylic acids is 1. The van der Waals surface area contributed by atoms with Gasteiger partial charge in [0.25, 0.3) is 0 Å². The van der Waals surface area contributed by atoms with E-state index >= 15 is 0 Å². The van der Waals surface area contributed by atoms with Gasteiger partial charge in [0.1, 0.15) is 5.82 Å². The summed E-state index contributed by atoms with van der Waals surface area (Å²) in [6.07, 6.45) is 1.67. The van der Waals surface area contributed by atoms with E-state index in [-0.39, 0.29) is 17.8 Å². The normalized spacial score (nSPS) is 16.7. The van der Waals surface area contributed by atoms with Crippen molar-refractivity contribution in [2.24, 2.45) is 0 Å². The highest BCUT2D eigenvalue weighted by Gasteiger charge is 2.25. The summed E-state index contributed by atoms with van der Waals surface area (Å²) in [6.45, 7) is 1.41. The molecular weight excluding hydrogens is 231 g/mol. The number of nitrogens with zero attached hydrogens (tertiary/aromatic N) is 2. The van der Waals surface area contributed by atoms with Crippen molar-refractivity contribution in [2.75, 3.05) is 27.2 Å². The van der Waals surface area contributed by atoms with Gasteiger partial charge in [-0.3, -0.25) is 0 Å². The molecular formula is C14H19FN2O. The maximum absolute atomic E-state index is 13.7. The van der Waals surface area contributed by atoms with Crippen molar-refractivity contribution in [3.63, 3.8) is 0 Å². The van der Waals surface area contributed by atoms with Gasteiger partial charge in [-0.15, -0.1) is 0 Å². The second-order valence-corrected chi connectivity index (χ2v) is 4.96. The highest BCUT2D eigenvalue weighted by molar-refractivity contribution is 5.73. The fourth-order valence-electron chi connectivity index (χ4n) is 2.47.